The van der Waals surface area contributed by atoms with Gasteiger partial charge in [-0.3, -0.25) is 19.5 Å². The normalized spacial score (nSPS) is 10.8. The van der Waals surface area contributed by atoms with Crippen molar-refractivity contribution < 1.29 is 19.1 Å². The van der Waals surface area contributed by atoms with Crippen molar-refractivity contribution in [2.45, 2.75) is 26.8 Å². The van der Waals surface area contributed by atoms with Crippen LogP contribution in [0.25, 0.3) is 16.9 Å². The number of nitrogens with zero attached hydrogens (tertiary/aromatic N) is 3. The van der Waals surface area contributed by atoms with Crippen molar-refractivity contribution in [3.05, 3.63) is 90.1 Å². The van der Waals surface area contributed by atoms with Gasteiger partial charge in [-0.2, -0.15) is 0 Å². The fourth-order valence-corrected chi connectivity index (χ4v) is 4.16. The summed E-state index contributed by atoms with van der Waals surface area (Å²) in [4.78, 5) is 32.9. The monoisotopic (exact) mass is 512 g/mol. The molecule has 1 aromatic heterocycles. The van der Waals surface area contributed by atoms with Crippen LogP contribution in [0, 0.1) is 6.92 Å². The van der Waals surface area contributed by atoms with Gasteiger partial charge in [0.15, 0.2) is 11.5 Å². The number of anilines is 1. The molecule has 0 aliphatic rings. The maximum absolute atomic E-state index is 13.3. The van der Waals surface area contributed by atoms with Gasteiger partial charge in [-0.25, -0.2) is 4.98 Å². The van der Waals surface area contributed by atoms with Crippen molar-refractivity contribution in [1.82, 2.24) is 14.5 Å². The number of aromatic nitrogens is 2. The van der Waals surface area contributed by atoms with Crippen LogP contribution in [-0.4, -0.2) is 53.1 Å². The van der Waals surface area contributed by atoms with E-state index in [9.17, 15) is 9.59 Å². The van der Waals surface area contributed by atoms with Crippen LogP contribution in [0.4, 0.5) is 5.95 Å². The molecule has 8 heteroatoms. The van der Waals surface area contributed by atoms with Crippen molar-refractivity contribution in [1.29, 1.82) is 0 Å². The molecule has 2 amide bonds. The highest BCUT2D eigenvalue weighted by molar-refractivity contribution is 6.00. The summed E-state index contributed by atoms with van der Waals surface area (Å²) in [5, 5.41) is 2.92. The summed E-state index contributed by atoms with van der Waals surface area (Å²) in [5.41, 5.74) is 3.75. The number of imidazole rings is 1. The Kier molecular flexibility index (Phi) is 8.11. The summed E-state index contributed by atoms with van der Waals surface area (Å²) in [6.45, 7) is 5.55. The first-order valence-electron chi connectivity index (χ1n) is 12.4. The second-order valence-electron chi connectivity index (χ2n) is 9.11. The van der Waals surface area contributed by atoms with E-state index < -0.39 is 0 Å². The number of carbonyl (C=O) groups excluding carboxylic acids is 2. The van der Waals surface area contributed by atoms with Gasteiger partial charge in [-0.15, -0.1) is 0 Å². The molecule has 0 saturated carbocycles. The fraction of sp³-hybridized carbons (Fsp3) is 0.233. The largest absolute Gasteiger partial charge is 0.493 e. The van der Waals surface area contributed by atoms with Gasteiger partial charge < -0.3 is 14.4 Å². The van der Waals surface area contributed by atoms with Crippen LogP contribution in [0.2, 0.25) is 0 Å². The number of methoxy groups -OCH3 is 2. The van der Waals surface area contributed by atoms with Crippen LogP contribution in [0.1, 0.15) is 29.8 Å². The highest BCUT2D eigenvalue weighted by Gasteiger charge is 2.24. The number of aryl methyl sites for hydroxylation is 1. The summed E-state index contributed by atoms with van der Waals surface area (Å²) >= 11 is 0. The Labute approximate surface area is 222 Å². The molecule has 0 fully saturated rings. The van der Waals surface area contributed by atoms with Crippen molar-refractivity contribution in [3.63, 3.8) is 0 Å². The molecular formula is C30H32N4O4. The minimum Gasteiger partial charge on any atom is -0.493 e. The van der Waals surface area contributed by atoms with Crippen LogP contribution in [0.5, 0.6) is 11.5 Å². The molecule has 1 heterocycles. The van der Waals surface area contributed by atoms with E-state index in [-0.39, 0.29) is 24.4 Å². The number of amides is 2. The summed E-state index contributed by atoms with van der Waals surface area (Å²) in [6.07, 6.45) is 1.85. The average molecular weight is 513 g/mol. The molecule has 196 valence electrons. The molecule has 1 N–H and O–H groups in total. The zero-order valence-electron chi connectivity index (χ0n) is 22.3. The maximum Gasteiger partial charge on any atom is 0.254 e. The Balaban J connectivity index is 1.66. The van der Waals surface area contributed by atoms with E-state index in [2.05, 4.69) is 5.32 Å². The first-order chi connectivity index (χ1) is 18.3. The van der Waals surface area contributed by atoms with Gasteiger partial charge >= 0.3 is 0 Å². The second kappa shape index (κ2) is 11.6. The Hall–Kier alpha value is -4.59. The first kappa shape index (κ1) is 26.5. The molecule has 0 unspecified atom stereocenters. The number of rotatable bonds is 9. The molecule has 8 nitrogen and oxygen atoms in total. The number of benzene rings is 3. The molecule has 0 atom stereocenters. The molecule has 0 saturated heterocycles. The molecule has 0 spiro atoms. The van der Waals surface area contributed by atoms with Crippen molar-refractivity contribution in [3.8, 4) is 28.4 Å². The van der Waals surface area contributed by atoms with E-state index >= 15 is 0 Å². The average Bonchev–Trinajstić information content (AvgIpc) is 3.35. The van der Waals surface area contributed by atoms with Crippen LogP contribution in [0.15, 0.2) is 79.0 Å². The van der Waals surface area contributed by atoms with E-state index in [0.29, 0.717) is 28.7 Å². The number of hydrogen-bond acceptors (Lipinski definition) is 5. The minimum atomic E-state index is -0.354. The Morgan fingerprint density at radius 1 is 0.947 bits per heavy atom. The number of ether oxygens (including phenoxy) is 2. The van der Waals surface area contributed by atoms with E-state index in [1.165, 1.54) is 0 Å². The van der Waals surface area contributed by atoms with Gasteiger partial charge in [-0.1, -0.05) is 48.5 Å². The minimum absolute atomic E-state index is 0.121. The fourth-order valence-electron chi connectivity index (χ4n) is 4.16. The molecule has 0 aliphatic heterocycles. The van der Waals surface area contributed by atoms with E-state index in [1.807, 2.05) is 87.6 Å². The van der Waals surface area contributed by atoms with Gasteiger partial charge in [-0.05, 0) is 44.5 Å². The van der Waals surface area contributed by atoms with Gasteiger partial charge in [0.1, 0.15) is 6.54 Å². The molecule has 38 heavy (non-hydrogen) atoms. The summed E-state index contributed by atoms with van der Waals surface area (Å²) < 4.78 is 12.6. The van der Waals surface area contributed by atoms with E-state index in [1.54, 1.807) is 35.8 Å². The molecule has 0 radical (unpaired) electrons. The summed E-state index contributed by atoms with van der Waals surface area (Å²) in [7, 11) is 3.15. The van der Waals surface area contributed by atoms with Gasteiger partial charge in [0.2, 0.25) is 11.9 Å². The van der Waals surface area contributed by atoms with Gasteiger partial charge in [0, 0.05) is 29.4 Å². The second-order valence-corrected chi connectivity index (χ2v) is 9.11. The SMILES string of the molecule is COc1ccc(-n2cc(-c3ccccc3)nc2NC(=O)CN(C(=O)c2ccccc2C)C(C)C)cc1OC. The van der Waals surface area contributed by atoms with E-state index in [0.717, 1.165) is 16.8 Å². The third kappa shape index (κ3) is 5.70. The maximum atomic E-state index is 13.3. The van der Waals surface area contributed by atoms with E-state index in [4.69, 9.17) is 14.5 Å². The van der Waals surface area contributed by atoms with Crippen molar-refractivity contribution >= 4 is 17.8 Å². The molecule has 0 aliphatic carbocycles. The molecule has 4 aromatic rings. The molecule has 3 aromatic carbocycles. The molecule has 0 bridgehead atoms. The van der Waals surface area contributed by atoms with Crippen LogP contribution >= 0.6 is 0 Å². The van der Waals surface area contributed by atoms with Crippen molar-refractivity contribution in [2.75, 3.05) is 26.1 Å². The lowest BCUT2D eigenvalue weighted by molar-refractivity contribution is -0.117. The number of hydrogen-bond donors (Lipinski definition) is 1. The van der Waals surface area contributed by atoms with Crippen LogP contribution in [0.3, 0.4) is 0 Å². The van der Waals surface area contributed by atoms with Crippen LogP contribution < -0.4 is 14.8 Å². The topological polar surface area (TPSA) is 85.7 Å². The lowest BCUT2D eigenvalue weighted by Gasteiger charge is -2.26. The van der Waals surface area contributed by atoms with Gasteiger partial charge in [0.25, 0.3) is 5.91 Å². The molecular weight excluding hydrogens is 480 g/mol. The predicted octanol–water partition coefficient (Wildman–Crippen LogP) is 5.35. The third-order valence-corrected chi connectivity index (χ3v) is 6.25. The van der Waals surface area contributed by atoms with Gasteiger partial charge in [0.05, 0.1) is 25.6 Å². The lowest BCUT2D eigenvalue weighted by atomic mass is 10.1. The third-order valence-electron chi connectivity index (χ3n) is 6.25. The first-order valence-corrected chi connectivity index (χ1v) is 12.4. The molecule has 4 rings (SSSR count). The Morgan fingerprint density at radius 2 is 1.63 bits per heavy atom. The Bertz CT molecular complexity index is 1430. The quantitative estimate of drug-likeness (QED) is 0.327. The van der Waals surface area contributed by atoms with Crippen LogP contribution in [-0.2, 0) is 4.79 Å². The lowest BCUT2D eigenvalue weighted by Crippen LogP contribution is -2.42. The zero-order chi connectivity index (χ0) is 27.2. The zero-order valence-corrected chi connectivity index (χ0v) is 22.3. The highest BCUT2D eigenvalue weighted by Crippen LogP contribution is 2.31. The smallest absolute Gasteiger partial charge is 0.254 e. The standard InChI is InChI=1S/C30H32N4O4/c1-20(2)33(29(36)24-14-10-9-11-21(24)3)19-28(35)32-30-31-25(22-12-7-6-8-13-22)18-34(30)23-15-16-26(37-4)27(17-23)38-5/h6-18,20H,19H2,1-5H3,(H,31,32,35). The van der Waals surface area contributed by atoms with Crippen molar-refractivity contribution in [2.24, 2.45) is 0 Å². The number of carbonyl (C=O) groups is 2. The predicted molar refractivity (Wildman–Crippen MR) is 148 cm³/mol. The highest BCUT2D eigenvalue weighted by atomic mass is 16.5. The summed E-state index contributed by atoms with van der Waals surface area (Å²) in [6, 6.07) is 22.4. The number of nitrogens with one attached hydrogen (secondary N) is 1. The Morgan fingerprint density at radius 3 is 2.29 bits per heavy atom. The summed E-state index contributed by atoms with van der Waals surface area (Å²) in [5.74, 6) is 0.918.